The van der Waals surface area contributed by atoms with Gasteiger partial charge in [-0.05, 0) is 32.1 Å². The Bertz CT molecular complexity index is 365. The summed E-state index contributed by atoms with van der Waals surface area (Å²) in [5.41, 5.74) is 1.03. The summed E-state index contributed by atoms with van der Waals surface area (Å²) in [6.45, 7) is 5.19. The van der Waals surface area contributed by atoms with Gasteiger partial charge in [0.15, 0.2) is 0 Å². The summed E-state index contributed by atoms with van der Waals surface area (Å²) in [4.78, 5) is 10.8. The van der Waals surface area contributed by atoms with E-state index in [1.54, 1.807) is 6.33 Å². The molecule has 0 amide bonds. The number of hydrogen-bond acceptors (Lipinski definition) is 6. The van der Waals surface area contributed by atoms with Crippen molar-refractivity contribution in [3.63, 3.8) is 0 Å². The molecule has 1 aliphatic rings. The topological polar surface area (TPSA) is 67.1 Å². The highest BCUT2D eigenvalue weighted by atomic mass is 32.2. The van der Waals surface area contributed by atoms with Crippen molar-refractivity contribution in [2.75, 3.05) is 24.5 Å². The van der Waals surface area contributed by atoms with E-state index in [0.717, 1.165) is 37.1 Å². The molecule has 0 bridgehead atoms. The van der Waals surface area contributed by atoms with Crippen molar-refractivity contribution >= 4 is 18.0 Å². The smallest absolute Gasteiger partial charge is 0.132 e. The van der Waals surface area contributed by atoms with Crippen molar-refractivity contribution in [2.45, 2.75) is 26.2 Å². The number of hydrogen-bond donors (Lipinski definition) is 2. The predicted octanol–water partition coefficient (Wildman–Crippen LogP) is 1.50. The average Bonchev–Trinajstić information content (AvgIpc) is 2.40. The quantitative estimate of drug-likeness (QED) is 0.622. The third kappa shape index (κ3) is 3.83. The van der Waals surface area contributed by atoms with Crippen LogP contribution in [0.15, 0.2) is 12.4 Å². The zero-order chi connectivity index (χ0) is 12.8. The van der Waals surface area contributed by atoms with Crippen LogP contribution in [-0.2, 0) is 0 Å². The third-order valence-corrected chi connectivity index (χ3v) is 3.84. The minimum atomic E-state index is 0.809. The first-order valence-electron chi connectivity index (χ1n) is 6.42. The molecular formula is C12H21N5S. The molecule has 0 atom stereocenters. The Kier molecular flexibility index (Phi) is 5.22. The second-order valence-corrected chi connectivity index (χ2v) is 5.27. The Labute approximate surface area is 113 Å². The maximum absolute atomic E-state index is 5.34. The molecule has 1 aromatic rings. The van der Waals surface area contributed by atoms with Gasteiger partial charge in [0, 0.05) is 43.5 Å². The molecule has 1 aliphatic heterocycles. The van der Waals surface area contributed by atoms with Gasteiger partial charge in [0.25, 0.3) is 0 Å². The van der Waals surface area contributed by atoms with Gasteiger partial charge in [-0.3, -0.25) is 9.86 Å². The molecule has 0 aromatic carbocycles. The van der Waals surface area contributed by atoms with Gasteiger partial charge in [-0.25, -0.2) is 9.97 Å². The van der Waals surface area contributed by atoms with Crippen molar-refractivity contribution < 1.29 is 0 Å². The van der Waals surface area contributed by atoms with Gasteiger partial charge in [0.05, 0.1) is 0 Å². The minimum absolute atomic E-state index is 0.809. The Hall–Kier alpha value is -0.850. The van der Waals surface area contributed by atoms with E-state index in [1.165, 1.54) is 31.4 Å². The molecule has 1 aromatic heterocycles. The first-order valence-corrected chi connectivity index (χ1v) is 7.29. The summed E-state index contributed by atoms with van der Waals surface area (Å²) < 4.78 is 3.11. The zero-order valence-corrected chi connectivity index (χ0v) is 11.6. The molecule has 0 radical (unpaired) electrons. The van der Waals surface area contributed by atoms with Crippen LogP contribution in [0.4, 0.5) is 5.82 Å². The largest absolute Gasteiger partial charge is 0.356 e. The molecule has 2 heterocycles. The van der Waals surface area contributed by atoms with Crippen molar-refractivity contribution in [2.24, 2.45) is 11.1 Å². The maximum Gasteiger partial charge on any atom is 0.132 e. The van der Waals surface area contributed by atoms with Crippen LogP contribution >= 0.6 is 12.1 Å². The normalized spacial score (nSPS) is 17.1. The SMILES string of the molecule is Cc1cc(N2CCC(CCNSN)CC2)ncn1. The fourth-order valence-corrected chi connectivity index (χ4v) is 2.62. The summed E-state index contributed by atoms with van der Waals surface area (Å²) >= 11 is 1.21. The molecule has 1 saturated heterocycles. The highest BCUT2D eigenvalue weighted by Crippen LogP contribution is 2.23. The first-order chi connectivity index (χ1) is 8.79. The number of aromatic nitrogens is 2. The van der Waals surface area contributed by atoms with E-state index in [0.29, 0.717) is 0 Å². The van der Waals surface area contributed by atoms with Crippen LogP contribution in [0.1, 0.15) is 25.0 Å². The van der Waals surface area contributed by atoms with Crippen molar-refractivity contribution in [3.05, 3.63) is 18.1 Å². The lowest BCUT2D eigenvalue weighted by molar-refractivity contribution is 0.382. The fourth-order valence-electron chi connectivity index (χ4n) is 2.39. The molecule has 1 fully saturated rings. The van der Waals surface area contributed by atoms with Crippen LogP contribution in [0.2, 0.25) is 0 Å². The van der Waals surface area contributed by atoms with Gasteiger partial charge in [-0.2, -0.15) is 0 Å². The van der Waals surface area contributed by atoms with E-state index in [4.69, 9.17) is 5.14 Å². The van der Waals surface area contributed by atoms with E-state index >= 15 is 0 Å². The van der Waals surface area contributed by atoms with Gasteiger partial charge >= 0.3 is 0 Å². The van der Waals surface area contributed by atoms with Crippen molar-refractivity contribution in [1.82, 2.24) is 14.7 Å². The van der Waals surface area contributed by atoms with E-state index in [-0.39, 0.29) is 0 Å². The molecule has 100 valence electrons. The van der Waals surface area contributed by atoms with Crippen LogP contribution in [0.5, 0.6) is 0 Å². The molecule has 18 heavy (non-hydrogen) atoms. The van der Waals surface area contributed by atoms with Crippen LogP contribution in [0.3, 0.4) is 0 Å². The molecule has 3 N–H and O–H groups in total. The minimum Gasteiger partial charge on any atom is -0.356 e. The molecule has 0 aliphatic carbocycles. The van der Waals surface area contributed by atoms with Crippen molar-refractivity contribution in [1.29, 1.82) is 0 Å². The first kappa shape index (κ1) is 13.6. The highest BCUT2D eigenvalue weighted by Gasteiger charge is 2.19. The molecule has 0 spiro atoms. The summed E-state index contributed by atoms with van der Waals surface area (Å²) in [6, 6.07) is 2.06. The maximum atomic E-state index is 5.34. The van der Waals surface area contributed by atoms with Gasteiger partial charge in [-0.1, -0.05) is 0 Å². The number of aryl methyl sites for hydroxylation is 1. The number of nitrogens with zero attached hydrogens (tertiary/aromatic N) is 3. The lowest BCUT2D eigenvalue weighted by Gasteiger charge is -2.32. The molecule has 5 nitrogen and oxygen atoms in total. The average molecular weight is 267 g/mol. The Morgan fingerprint density at radius 3 is 2.89 bits per heavy atom. The van der Waals surface area contributed by atoms with Gasteiger partial charge in [0.2, 0.25) is 0 Å². The molecule has 0 unspecified atom stereocenters. The summed E-state index contributed by atoms with van der Waals surface area (Å²) in [5.74, 6) is 1.88. The number of anilines is 1. The second kappa shape index (κ2) is 6.92. The molecule has 6 heteroatoms. The fraction of sp³-hybridized carbons (Fsp3) is 0.667. The van der Waals surface area contributed by atoms with Crippen molar-refractivity contribution in [3.8, 4) is 0 Å². The lowest BCUT2D eigenvalue weighted by atomic mass is 9.94. The van der Waals surface area contributed by atoms with E-state index in [2.05, 4.69) is 25.7 Å². The number of rotatable bonds is 5. The Balaban J connectivity index is 1.79. The number of nitrogens with two attached hydrogens (primary N) is 1. The predicted molar refractivity (Wildman–Crippen MR) is 76.1 cm³/mol. The van der Waals surface area contributed by atoms with Crippen LogP contribution in [-0.4, -0.2) is 29.6 Å². The molecule has 0 saturated carbocycles. The van der Waals surface area contributed by atoms with Crippen LogP contribution < -0.4 is 14.8 Å². The Morgan fingerprint density at radius 1 is 1.44 bits per heavy atom. The van der Waals surface area contributed by atoms with E-state index < -0.39 is 0 Å². The lowest BCUT2D eigenvalue weighted by Crippen LogP contribution is -2.35. The summed E-state index contributed by atoms with van der Waals surface area (Å²) in [6.07, 6.45) is 5.33. The van der Waals surface area contributed by atoms with Gasteiger partial charge in [-0.15, -0.1) is 0 Å². The van der Waals surface area contributed by atoms with Crippen LogP contribution in [0, 0.1) is 12.8 Å². The molecular weight excluding hydrogens is 246 g/mol. The number of nitrogens with one attached hydrogen (secondary N) is 1. The van der Waals surface area contributed by atoms with Gasteiger partial charge in [0.1, 0.15) is 12.1 Å². The zero-order valence-electron chi connectivity index (χ0n) is 10.8. The van der Waals surface area contributed by atoms with E-state index in [9.17, 15) is 0 Å². The summed E-state index contributed by atoms with van der Waals surface area (Å²) in [7, 11) is 0. The second-order valence-electron chi connectivity index (χ2n) is 4.75. The third-order valence-electron chi connectivity index (χ3n) is 3.47. The van der Waals surface area contributed by atoms with Gasteiger partial charge < -0.3 is 4.90 Å². The standard InChI is InChI=1S/C12H21N5S/c1-10-8-12(15-9-14-10)17-6-3-11(4-7-17)2-5-16-18-13/h8-9,11,16H,2-7,13H2,1H3. The molecule has 2 rings (SSSR count). The Morgan fingerprint density at radius 2 is 2.22 bits per heavy atom. The monoisotopic (exact) mass is 267 g/mol. The van der Waals surface area contributed by atoms with E-state index in [1.807, 2.05) is 6.92 Å². The highest BCUT2D eigenvalue weighted by molar-refractivity contribution is 7.95. The van der Waals surface area contributed by atoms with Crippen LogP contribution in [0.25, 0.3) is 0 Å². The summed E-state index contributed by atoms with van der Waals surface area (Å²) in [5, 5.41) is 5.34. The number of piperidine rings is 1.